The number of rotatable bonds is 10. The molecule has 0 aliphatic rings. The number of thioether (sulfide) groups is 1. The van der Waals surface area contributed by atoms with Crippen LogP contribution in [0.2, 0.25) is 0 Å². The first-order valence-electron chi connectivity index (χ1n) is 7.22. The van der Waals surface area contributed by atoms with E-state index in [4.69, 9.17) is 4.74 Å². The van der Waals surface area contributed by atoms with Crippen LogP contribution >= 0.6 is 11.8 Å². The van der Waals surface area contributed by atoms with Crippen LogP contribution in [0.25, 0.3) is 0 Å². The summed E-state index contributed by atoms with van der Waals surface area (Å²) in [5.74, 6) is 4.06. The SMILES string of the molecule is CCSCCCOc1ccc(CNCC(C)C)cc1. The molecule has 0 saturated heterocycles. The molecule has 0 spiro atoms. The Morgan fingerprint density at radius 2 is 1.95 bits per heavy atom. The normalized spacial score (nSPS) is 10.9. The predicted molar refractivity (Wildman–Crippen MR) is 86.1 cm³/mol. The molecule has 1 aromatic carbocycles. The maximum atomic E-state index is 5.72. The first-order valence-corrected chi connectivity index (χ1v) is 8.38. The van der Waals surface area contributed by atoms with Crippen LogP contribution in [0, 0.1) is 5.92 Å². The Morgan fingerprint density at radius 1 is 1.21 bits per heavy atom. The Morgan fingerprint density at radius 3 is 2.58 bits per heavy atom. The molecule has 0 bridgehead atoms. The van der Waals surface area contributed by atoms with Crippen LogP contribution in [0.1, 0.15) is 32.8 Å². The summed E-state index contributed by atoms with van der Waals surface area (Å²) in [5, 5.41) is 3.44. The van der Waals surface area contributed by atoms with Gasteiger partial charge in [0.15, 0.2) is 0 Å². The lowest BCUT2D eigenvalue weighted by atomic mass is 10.2. The van der Waals surface area contributed by atoms with E-state index < -0.39 is 0 Å². The molecule has 108 valence electrons. The van der Waals surface area contributed by atoms with Gasteiger partial charge in [-0.3, -0.25) is 0 Å². The highest BCUT2D eigenvalue weighted by Crippen LogP contribution is 2.13. The van der Waals surface area contributed by atoms with Crippen molar-refractivity contribution in [2.75, 3.05) is 24.7 Å². The molecule has 0 amide bonds. The van der Waals surface area contributed by atoms with Gasteiger partial charge in [0, 0.05) is 6.54 Å². The highest BCUT2D eigenvalue weighted by molar-refractivity contribution is 7.99. The fraction of sp³-hybridized carbons (Fsp3) is 0.625. The maximum absolute atomic E-state index is 5.72. The molecular formula is C16H27NOS. The molecule has 0 atom stereocenters. The van der Waals surface area contributed by atoms with Crippen molar-refractivity contribution >= 4 is 11.8 Å². The summed E-state index contributed by atoms with van der Waals surface area (Å²) in [6, 6.07) is 8.42. The standard InChI is InChI=1S/C16H27NOS/c1-4-19-11-5-10-18-16-8-6-15(7-9-16)13-17-12-14(2)3/h6-9,14,17H,4-5,10-13H2,1-3H3. The molecular weight excluding hydrogens is 254 g/mol. The van der Waals surface area contributed by atoms with Gasteiger partial charge in [0.25, 0.3) is 0 Å². The highest BCUT2D eigenvalue weighted by Gasteiger charge is 1.97. The van der Waals surface area contributed by atoms with Crippen LogP contribution in [-0.4, -0.2) is 24.7 Å². The van der Waals surface area contributed by atoms with Gasteiger partial charge in [-0.1, -0.05) is 32.9 Å². The largest absolute Gasteiger partial charge is 0.494 e. The van der Waals surface area contributed by atoms with E-state index >= 15 is 0 Å². The highest BCUT2D eigenvalue weighted by atomic mass is 32.2. The first-order chi connectivity index (χ1) is 9.22. The zero-order valence-corrected chi connectivity index (χ0v) is 13.3. The Labute approximate surface area is 122 Å². The lowest BCUT2D eigenvalue weighted by Gasteiger charge is -2.09. The molecule has 3 heteroatoms. The third kappa shape index (κ3) is 8.17. The number of benzene rings is 1. The molecule has 19 heavy (non-hydrogen) atoms. The van der Waals surface area contributed by atoms with Crippen LogP contribution < -0.4 is 10.1 Å². The minimum absolute atomic E-state index is 0.698. The number of nitrogens with one attached hydrogen (secondary N) is 1. The molecule has 0 unspecified atom stereocenters. The second-order valence-electron chi connectivity index (χ2n) is 5.07. The van der Waals surface area contributed by atoms with Crippen molar-refractivity contribution in [3.05, 3.63) is 29.8 Å². The Kier molecular flexibility index (Phi) is 8.76. The number of hydrogen-bond donors (Lipinski definition) is 1. The van der Waals surface area contributed by atoms with E-state index in [9.17, 15) is 0 Å². The smallest absolute Gasteiger partial charge is 0.119 e. The van der Waals surface area contributed by atoms with E-state index in [2.05, 4.69) is 50.4 Å². The molecule has 0 aromatic heterocycles. The Hall–Kier alpha value is -0.670. The summed E-state index contributed by atoms with van der Waals surface area (Å²) < 4.78 is 5.72. The zero-order valence-electron chi connectivity index (χ0n) is 12.4. The molecule has 0 fully saturated rings. The predicted octanol–water partition coefficient (Wildman–Crippen LogP) is 3.95. The van der Waals surface area contributed by atoms with Crippen LogP contribution in [0.5, 0.6) is 5.75 Å². The lowest BCUT2D eigenvalue weighted by molar-refractivity contribution is 0.318. The second-order valence-corrected chi connectivity index (χ2v) is 6.46. The quantitative estimate of drug-likeness (QED) is 0.656. The monoisotopic (exact) mass is 281 g/mol. The average Bonchev–Trinajstić information content (AvgIpc) is 2.40. The van der Waals surface area contributed by atoms with E-state index in [1.54, 1.807) is 0 Å². The molecule has 2 nitrogen and oxygen atoms in total. The van der Waals surface area contributed by atoms with Crippen LogP contribution in [0.15, 0.2) is 24.3 Å². The summed E-state index contributed by atoms with van der Waals surface area (Å²) in [4.78, 5) is 0. The van der Waals surface area contributed by atoms with E-state index in [0.717, 1.165) is 31.9 Å². The van der Waals surface area contributed by atoms with Gasteiger partial charge in [-0.15, -0.1) is 0 Å². The van der Waals surface area contributed by atoms with E-state index in [-0.39, 0.29) is 0 Å². The van der Waals surface area contributed by atoms with Gasteiger partial charge in [-0.25, -0.2) is 0 Å². The fourth-order valence-electron chi connectivity index (χ4n) is 1.70. The summed E-state index contributed by atoms with van der Waals surface area (Å²) in [6.07, 6.45) is 1.12. The topological polar surface area (TPSA) is 21.3 Å². The van der Waals surface area contributed by atoms with E-state index in [1.807, 2.05) is 11.8 Å². The Bertz CT molecular complexity index is 324. The third-order valence-electron chi connectivity index (χ3n) is 2.71. The third-order valence-corrected chi connectivity index (χ3v) is 3.70. The van der Waals surface area contributed by atoms with Gasteiger partial charge in [-0.2, -0.15) is 11.8 Å². The number of ether oxygens (including phenoxy) is 1. The van der Waals surface area contributed by atoms with E-state index in [1.165, 1.54) is 17.1 Å². The lowest BCUT2D eigenvalue weighted by Crippen LogP contribution is -2.18. The van der Waals surface area contributed by atoms with Gasteiger partial charge < -0.3 is 10.1 Å². The molecule has 1 aromatic rings. The average molecular weight is 281 g/mol. The van der Waals surface area contributed by atoms with Gasteiger partial charge in [0.05, 0.1) is 6.61 Å². The van der Waals surface area contributed by atoms with Gasteiger partial charge >= 0.3 is 0 Å². The molecule has 1 N–H and O–H groups in total. The van der Waals surface area contributed by atoms with Crippen LogP contribution in [0.4, 0.5) is 0 Å². The van der Waals surface area contributed by atoms with Crippen molar-refractivity contribution in [2.45, 2.75) is 33.7 Å². The Balaban J connectivity index is 2.19. The van der Waals surface area contributed by atoms with Crippen molar-refractivity contribution in [3.63, 3.8) is 0 Å². The van der Waals surface area contributed by atoms with E-state index in [0.29, 0.717) is 5.92 Å². The minimum atomic E-state index is 0.698. The minimum Gasteiger partial charge on any atom is -0.494 e. The summed E-state index contributed by atoms with van der Waals surface area (Å²) in [5.41, 5.74) is 1.31. The molecule has 1 rings (SSSR count). The van der Waals surface area contributed by atoms with Crippen molar-refractivity contribution in [3.8, 4) is 5.75 Å². The fourth-order valence-corrected chi connectivity index (χ4v) is 2.31. The summed E-state index contributed by atoms with van der Waals surface area (Å²) >= 11 is 1.97. The molecule has 0 aliphatic heterocycles. The summed E-state index contributed by atoms with van der Waals surface area (Å²) in [6.45, 7) is 9.45. The molecule has 0 saturated carbocycles. The van der Waals surface area contributed by atoms with Gasteiger partial charge in [0.2, 0.25) is 0 Å². The molecule has 0 aliphatic carbocycles. The van der Waals surface area contributed by atoms with Crippen molar-refractivity contribution in [2.24, 2.45) is 5.92 Å². The van der Waals surface area contributed by atoms with Crippen LogP contribution in [-0.2, 0) is 6.54 Å². The van der Waals surface area contributed by atoms with Crippen molar-refractivity contribution < 1.29 is 4.74 Å². The van der Waals surface area contributed by atoms with Gasteiger partial charge in [-0.05, 0) is 48.1 Å². The zero-order chi connectivity index (χ0) is 13.9. The first kappa shape index (κ1) is 16.4. The maximum Gasteiger partial charge on any atom is 0.119 e. The van der Waals surface area contributed by atoms with Crippen molar-refractivity contribution in [1.29, 1.82) is 0 Å². The summed E-state index contributed by atoms with van der Waals surface area (Å²) in [7, 11) is 0. The van der Waals surface area contributed by atoms with Crippen molar-refractivity contribution in [1.82, 2.24) is 5.32 Å². The molecule has 0 heterocycles. The van der Waals surface area contributed by atoms with Crippen LogP contribution in [0.3, 0.4) is 0 Å². The van der Waals surface area contributed by atoms with Gasteiger partial charge in [0.1, 0.15) is 5.75 Å². The number of hydrogen-bond acceptors (Lipinski definition) is 3. The second kappa shape index (κ2) is 10.2. The molecule has 0 radical (unpaired) electrons.